The van der Waals surface area contributed by atoms with Crippen molar-refractivity contribution in [3.05, 3.63) is 47.3 Å². The molecule has 1 atom stereocenters. The molecule has 0 aliphatic heterocycles. The Balaban J connectivity index is 0.00000208. The molecule has 1 aromatic heterocycles. The maximum atomic E-state index is 14.0. The summed E-state index contributed by atoms with van der Waals surface area (Å²) in [5.41, 5.74) is 7.33. The van der Waals surface area contributed by atoms with Crippen molar-refractivity contribution in [3.63, 3.8) is 0 Å². The molecule has 0 radical (unpaired) electrons. The molecule has 1 amide bonds. The van der Waals surface area contributed by atoms with Crippen molar-refractivity contribution < 1.29 is 13.6 Å². The first-order chi connectivity index (χ1) is 11.1. The Morgan fingerprint density at radius 1 is 1.42 bits per heavy atom. The minimum absolute atomic E-state index is 0. The van der Waals surface area contributed by atoms with E-state index in [1.54, 1.807) is 6.20 Å². The molecule has 3 N–H and O–H groups in total. The number of rotatable bonds is 4. The summed E-state index contributed by atoms with van der Waals surface area (Å²) >= 11 is 0. The molecule has 0 fully saturated rings. The zero-order valence-corrected chi connectivity index (χ0v) is 13.8. The van der Waals surface area contributed by atoms with Crippen LogP contribution in [0.25, 0.3) is 5.69 Å². The summed E-state index contributed by atoms with van der Waals surface area (Å²) in [6.07, 6.45) is 4.31. The molecule has 0 spiro atoms. The molecule has 1 unspecified atom stereocenters. The molecular formula is C16H19ClF2N4O. The summed E-state index contributed by atoms with van der Waals surface area (Å²) in [7, 11) is 0. The molecule has 1 heterocycles. The fourth-order valence-corrected chi connectivity index (χ4v) is 2.97. The number of aromatic nitrogens is 2. The lowest BCUT2D eigenvalue weighted by Crippen LogP contribution is -2.32. The van der Waals surface area contributed by atoms with Crippen LogP contribution in [0.1, 0.15) is 36.6 Å². The number of hydrogen-bond donors (Lipinski definition) is 2. The molecule has 3 rings (SSSR count). The number of hydrogen-bond acceptors (Lipinski definition) is 3. The zero-order chi connectivity index (χ0) is 16.4. The molecule has 24 heavy (non-hydrogen) atoms. The van der Waals surface area contributed by atoms with Crippen molar-refractivity contribution in [2.24, 2.45) is 5.73 Å². The summed E-state index contributed by atoms with van der Waals surface area (Å²) in [4.78, 5) is 11.8. The highest BCUT2D eigenvalue weighted by Gasteiger charge is 2.26. The van der Waals surface area contributed by atoms with Gasteiger partial charge in [0.15, 0.2) is 5.82 Å². The second-order valence-corrected chi connectivity index (χ2v) is 5.61. The molecule has 0 saturated carbocycles. The quantitative estimate of drug-likeness (QED) is 0.883. The van der Waals surface area contributed by atoms with Gasteiger partial charge in [-0.3, -0.25) is 4.79 Å². The van der Waals surface area contributed by atoms with Gasteiger partial charge in [-0.1, -0.05) is 0 Å². The standard InChI is InChI=1S/C16H18F2N4O.ClH/c17-10-4-5-15(12(18)8-10)22-14-3-1-2-13(11(14)9-20-22)21-16(23)6-7-19;/h4-5,8-9,13H,1-3,6-7,19H2,(H,21,23);1H. The SMILES string of the molecule is Cl.NCCC(=O)NC1CCCc2c1cnn2-c1ccc(F)cc1F. The Bertz CT molecular complexity index is 735. The van der Waals surface area contributed by atoms with Gasteiger partial charge in [0, 0.05) is 30.3 Å². The van der Waals surface area contributed by atoms with Crippen LogP contribution in [0.15, 0.2) is 24.4 Å². The van der Waals surface area contributed by atoms with Crippen LogP contribution in [-0.2, 0) is 11.2 Å². The second-order valence-electron chi connectivity index (χ2n) is 5.61. The van der Waals surface area contributed by atoms with Gasteiger partial charge in [-0.15, -0.1) is 12.4 Å². The van der Waals surface area contributed by atoms with Gasteiger partial charge in [-0.05, 0) is 31.4 Å². The van der Waals surface area contributed by atoms with Crippen molar-refractivity contribution in [3.8, 4) is 5.69 Å². The van der Waals surface area contributed by atoms with E-state index in [4.69, 9.17) is 5.73 Å². The van der Waals surface area contributed by atoms with E-state index in [2.05, 4.69) is 10.4 Å². The van der Waals surface area contributed by atoms with Gasteiger partial charge >= 0.3 is 0 Å². The van der Waals surface area contributed by atoms with E-state index in [0.717, 1.165) is 36.6 Å². The van der Waals surface area contributed by atoms with Gasteiger partial charge in [0.2, 0.25) is 5.91 Å². The summed E-state index contributed by atoms with van der Waals surface area (Å²) in [6.45, 7) is 0.297. The number of halogens is 3. The van der Waals surface area contributed by atoms with Crippen molar-refractivity contribution >= 4 is 18.3 Å². The van der Waals surface area contributed by atoms with Gasteiger partial charge < -0.3 is 11.1 Å². The number of carbonyl (C=O) groups excluding carboxylic acids is 1. The van der Waals surface area contributed by atoms with E-state index < -0.39 is 11.6 Å². The normalized spacial score (nSPS) is 16.2. The fraction of sp³-hybridized carbons (Fsp3) is 0.375. The average molecular weight is 357 g/mol. The average Bonchev–Trinajstić information content (AvgIpc) is 2.92. The zero-order valence-electron chi connectivity index (χ0n) is 13.0. The predicted molar refractivity (Wildman–Crippen MR) is 88.2 cm³/mol. The van der Waals surface area contributed by atoms with Gasteiger partial charge in [0.1, 0.15) is 11.5 Å². The fourth-order valence-electron chi connectivity index (χ4n) is 2.97. The minimum Gasteiger partial charge on any atom is -0.349 e. The monoisotopic (exact) mass is 356 g/mol. The van der Waals surface area contributed by atoms with Crippen LogP contribution in [0.4, 0.5) is 8.78 Å². The van der Waals surface area contributed by atoms with Crippen molar-refractivity contribution in [1.29, 1.82) is 0 Å². The maximum Gasteiger partial charge on any atom is 0.221 e. The first kappa shape index (κ1) is 18.4. The molecule has 0 bridgehead atoms. The molecule has 2 aromatic rings. The molecular weight excluding hydrogens is 338 g/mol. The summed E-state index contributed by atoms with van der Waals surface area (Å²) in [5, 5.41) is 7.18. The molecule has 8 heteroatoms. The summed E-state index contributed by atoms with van der Waals surface area (Å²) < 4.78 is 28.6. The Morgan fingerprint density at radius 2 is 2.21 bits per heavy atom. The first-order valence-corrected chi connectivity index (χ1v) is 7.62. The lowest BCUT2D eigenvalue weighted by Gasteiger charge is -2.24. The minimum atomic E-state index is -0.662. The largest absolute Gasteiger partial charge is 0.349 e. The van der Waals surface area contributed by atoms with Crippen LogP contribution in [0, 0.1) is 11.6 Å². The van der Waals surface area contributed by atoms with Crippen LogP contribution < -0.4 is 11.1 Å². The molecule has 130 valence electrons. The van der Waals surface area contributed by atoms with Crippen LogP contribution in [0.2, 0.25) is 0 Å². The Hall–Kier alpha value is -1.99. The number of amides is 1. The highest BCUT2D eigenvalue weighted by Crippen LogP contribution is 2.31. The van der Waals surface area contributed by atoms with Crippen LogP contribution >= 0.6 is 12.4 Å². The van der Waals surface area contributed by atoms with Gasteiger partial charge in [0.25, 0.3) is 0 Å². The van der Waals surface area contributed by atoms with E-state index in [-0.39, 0.29) is 36.5 Å². The van der Waals surface area contributed by atoms with E-state index >= 15 is 0 Å². The Kier molecular flexibility index (Phi) is 5.90. The number of nitrogens with zero attached hydrogens (tertiary/aromatic N) is 2. The second kappa shape index (κ2) is 7.72. The molecule has 0 saturated heterocycles. The highest BCUT2D eigenvalue weighted by molar-refractivity contribution is 5.85. The maximum absolute atomic E-state index is 14.0. The third-order valence-corrected chi connectivity index (χ3v) is 4.03. The van der Waals surface area contributed by atoms with Crippen molar-refractivity contribution in [2.45, 2.75) is 31.7 Å². The summed E-state index contributed by atoms with van der Waals surface area (Å²) in [5.74, 6) is -1.39. The molecule has 1 aliphatic carbocycles. The van der Waals surface area contributed by atoms with Gasteiger partial charge in [-0.2, -0.15) is 5.10 Å². The van der Waals surface area contributed by atoms with E-state index in [1.807, 2.05) is 0 Å². The van der Waals surface area contributed by atoms with Crippen molar-refractivity contribution in [1.82, 2.24) is 15.1 Å². The number of carbonyl (C=O) groups is 1. The number of nitrogens with two attached hydrogens (primary N) is 1. The lowest BCUT2D eigenvalue weighted by atomic mass is 9.92. The van der Waals surface area contributed by atoms with E-state index in [9.17, 15) is 13.6 Å². The van der Waals surface area contributed by atoms with Crippen LogP contribution in [0.3, 0.4) is 0 Å². The third-order valence-electron chi connectivity index (χ3n) is 4.03. The topological polar surface area (TPSA) is 72.9 Å². The van der Waals surface area contributed by atoms with Gasteiger partial charge in [-0.25, -0.2) is 13.5 Å². The number of nitrogens with one attached hydrogen (secondary N) is 1. The molecule has 1 aromatic carbocycles. The predicted octanol–water partition coefficient (Wildman–Crippen LogP) is 2.41. The van der Waals surface area contributed by atoms with E-state index in [0.29, 0.717) is 6.54 Å². The van der Waals surface area contributed by atoms with Crippen LogP contribution in [0.5, 0.6) is 0 Å². The van der Waals surface area contributed by atoms with E-state index in [1.165, 1.54) is 16.8 Å². The lowest BCUT2D eigenvalue weighted by molar-refractivity contribution is -0.121. The summed E-state index contributed by atoms with van der Waals surface area (Å²) in [6, 6.07) is 3.27. The Morgan fingerprint density at radius 3 is 2.92 bits per heavy atom. The number of fused-ring (bicyclic) bond motifs is 1. The molecule has 5 nitrogen and oxygen atoms in total. The van der Waals surface area contributed by atoms with Crippen molar-refractivity contribution in [2.75, 3.05) is 6.54 Å². The third kappa shape index (κ3) is 3.57. The Labute approximate surface area is 144 Å². The van der Waals surface area contributed by atoms with Crippen LogP contribution in [-0.4, -0.2) is 22.2 Å². The number of benzene rings is 1. The highest BCUT2D eigenvalue weighted by atomic mass is 35.5. The molecule has 1 aliphatic rings. The van der Waals surface area contributed by atoms with Gasteiger partial charge in [0.05, 0.1) is 12.2 Å². The smallest absolute Gasteiger partial charge is 0.221 e. The first-order valence-electron chi connectivity index (χ1n) is 7.62.